The first-order valence-corrected chi connectivity index (χ1v) is 7.07. The highest BCUT2D eigenvalue weighted by Gasteiger charge is 2.19. The number of rotatable bonds is 4. The molecular formula is C13H16ClN3S. The Bertz CT molecular complexity index is 539. The monoisotopic (exact) mass is 281 g/mol. The third kappa shape index (κ3) is 2.55. The van der Waals surface area contributed by atoms with Crippen LogP contribution in [0.25, 0.3) is 0 Å². The number of hydrogen-bond acceptors (Lipinski definition) is 4. The first kappa shape index (κ1) is 13.5. The second kappa shape index (κ2) is 5.78. The first-order valence-electron chi connectivity index (χ1n) is 5.91. The molecule has 0 aliphatic heterocycles. The van der Waals surface area contributed by atoms with Crippen molar-refractivity contribution in [1.29, 1.82) is 0 Å². The van der Waals surface area contributed by atoms with E-state index in [1.54, 1.807) is 0 Å². The molecule has 0 aliphatic carbocycles. The van der Waals surface area contributed by atoms with Crippen molar-refractivity contribution in [2.75, 3.05) is 7.05 Å². The molecule has 1 aromatic carbocycles. The number of hydrogen-bond donors (Lipinski definition) is 1. The van der Waals surface area contributed by atoms with Crippen LogP contribution in [0.4, 0.5) is 0 Å². The molecule has 0 aliphatic rings. The topological polar surface area (TPSA) is 37.8 Å². The van der Waals surface area contributed by atoms with Crippen molar-refractivity contribution in [3.8, 4) is 0 Å². The van der Waals surface area contributed by atoms with E-state index in [9.17, 15) is 0 Å². The third-order valence-corrected chi connectivity index (χ3v) is 4.24. The van der Waals surface area contributed by atoms with Crippen LogP contribution < -0.4 is 5.32 Å². The molecular weight excluding hydrogens is 266 g/mol. The fourth-order valence-corrected chi connectivity index (χ4v) is 2.98. The molecule has 2 rings (SSSR count). The van der Waals surface area contributed by atoms with Crippen LogP contribution in [0.3, 0.4) is 0 Å². The lowest BCUT2D eigenvalue weighted by Gasteiger charge is -2.16. The van der Waals surface area contributed by atoms with E-state index < -0.39 is 0 Å². The summed E-state index contributed by atoms with van der Waals surface area (Å²) in [5.74, 6) is 0. The summed E-state index contributed by atoms with van der Waals surface area (Å²) in [5.41, 5.74) is 3.29. The number of nitrogens with one attached hydrogen (secondary N) is 1. The maximum atomic E-state index is 6.19. The van der Waals surface area contributed by atoms with Gasteiger partial charge in [-0.25, -0.2) is 0 Å². The normalized spacial score (nSPS) is 12.7. The van der Waals surface area contributed by atoms with E-state index in [2.05, 4.69) is 27.9 Å². The molecule has 0 amide bonds. The smallest absolute Gasteiger partial charge is 0.0804 e. The van der Waals surface area contributed by atoms with E-state index in [0.717, 1.165) is 28.3 Å². The summed E-state index contributed by atoms with van der Waals surface area (Å²) >= 11 is 7.64. The van der Waals surface area contributed by atoms with Crippen molar-refractivity contribution in [2.45, 2.75) is 26.3 Å². The predicted molar refractivity (Wildman–Crippen MR) is 76.4 cm³/mol. The van der Waals surface area contributed by atoms with Gasteiger partial charge in [-0.1, -0.05) is 35.1 Å². The molecule has 2 aromatic rings. The zero-order chi connectivity index (χ0) is 13.1. The molecule has 3 nitrogen and oxygen atoms in total. The largest absolute Gasteiger partial charge is 0.309 e. The van der Waals surface area contributed by atoms with Crippen LogP contribution in [0.5, 0.6) is 0 Å². The molecule has 96 valence electrons. The average molecular weight is 282 g/mol. The average Bonchev–Trinajstić information content (AvgIpc) is 2.83. The third-order valence-electron chi connectivity index (χ3n) is 3.00. The van der Waals surface area contributed by atoms with Crippen molar-refractivity contribution in [1.82, 2.24) is 14.9 Å². The Kier molecular flexibility index (Phi) is 4.32. The lowest BCUT2D eigenvalue weighted by molar-refractivity contribution is 0.693. The molecule has 0 saturated carbocycles. The van der Waals surface area contributed by atoms with Crippen LogP contribution in [-0.4, -0.2) is 16.6 Å². The van der Waals surface area contributed by atoms with E-state index in [4.69, 9.17) is 11.6 Å². The maximum absolute atomic E-state index is 6.19. The molecule has 1 heterocycles. The van der Waals surface area contributed by atoms with Gasteiger partial charge in [0.2, 0.25) is 0 Å². The van der Waals surface area contributed by atoms with Gasteiger partial charge in [0.15, 0.2) is 0 Å². The summed E-state index contributed by atoms with van der Waals surface area (Å²) in [6.45, 7) is 4.10. The van der Waals surface area contributed by atoms with Gasteiger partial charge in [-0.2, -0.15) is 0 Å². The molecule has 0 saturated heterocycles. The summed E-state index contributed by atoms with van der Waals surface area (Å²) in [6.07, 6.45) is 0.892. The van der Waals surface area contributed by atoms with Crippen molar-refractivity contribution < 1.29 is 0 Å². The highest BCUT2D eigenvalue weighted by molar-refractivity contribution is 7.05. The fraction of sp³-hybridized carbons (Fsp3) is 0.385. The standard InChI is InChI=1S/C13H16ClN3S/c1-4-11-13(18-17-16-11)12(15-3)9-6-5-8(2)10(14)7-9/h5-7,12,15H,4H2,1-3H3. The summed E-state index contributed by atoms with van der Waals surface area (Å²) in [5, 5.41) is 8.27. The second-order valence-corrected chi connectivity index (χ2v) is 5.36. The maximum Gasteiger partial charge on any atom is 0.0804 e. The quantitative estimate of drug-likeness (QED) is 0.934. The van der Waals surface area contributed by atoms with E-state index >= 15 is 0 Å². The number of benzene rings is 1. The predicted octanol–water partition coefficient (Wildman–Crippen LogP) is 3.37. The Balaban J connectivity index is 2.42. The van der Waals surface area contributed by atoms with Crippen LogP contribution in [0, 0.1) is 6.92 Å². The summed E-state index contributed by atoms with van der Waals surface area (Å²) in [6, 6.07) is 6.26. The van der Waals surface area contributed by atoms with Crippen LogP contribution in [0.15, 0.2) is 18.2 Å². The molecule has 1 atom stereocenters. The van der Waals surface area contributed by atoms with Gasteiger partial charge in [-0.3, -0.25) is 0 Å². The van der Waals surface area contributed by atoms with Crippen LogP contribution in [-0.2, 0) is 6.42 Å². The molecule has 5 heteroatoms. The van der Waals surface area contributed by atoms with Crippen molar-refractivity contribution >= 4 is 23.1 Å². The minimum absolute atomic E-state index is 0.109. The molecule has 1 aromatic heterocycles. The SMILES string of the molecule is CCc1nnsc1C(NC)c1ccc(C)c(Cl)c1. The van der Waals surface area contributed by atoms with Crippen LogP contribution in [0.1, 0.15) is 34.7 Å². The first-order chi connectivity index (χ1) is 8.67. The molecule has 0 spiro atoms. The molecule has 1 N–H and O–H groups in total. The van der Waals surface area contributed by atoms with Crippen molar-refractivity contribution in [3.63, 3.8) is 0 Å². The van der Waals surface area contributed by atoms with E-state index in [1.165, 1.54) is 16.4 Å². The Morgan fingerprint density at radius 2 is 2.22 bits per heavy atom. The minimum atomic E-state index is 0.109. The van der Waals surface area contributed by atoms with E-state index in [1.807, 2.05) is 26.1 Å². The Labute approximate surface area is 116 Å². The van der Waals surface area contributed by atoms with E-state index in [0.29, 0.717) is 0 Å². The zero-order valence-electron chi connectivity index (χ0n) is 10.7. The van der Waals surface area contributed by atoms with Crippen molar-refractivity contribution in [2.24, 2.45) is 0 Å². The molecule has 0 radical (unpaired) electrons. The summed E-state index contributed by atoms with van der Waals surface area (Å²) in [4.78, 5) is 1.17. The van der Waals surface area contributed by atoms with Crippen molar-refractivity contribution in [3.05, 3.63) is 44.9 Å². The molecule has 0 fully saturated rings. The lowest BCUT2D eigenvalue weighted by Crippen LogP contribution is -2.18. The Morgan fingerprint density at radius 3 is 2.83 bits per heavy atom. The summed E-state index contributed by atoms with van der Waals surface area (Å²) in [7, 11) is 1.94. The lowest BCUT2D eigenvalue weighted by atomic mass is 10.0. The zero-order valence-corrected chi connectivity index (χ0v) is 12.3. The van der Waals surface area contributed by atoms with Crippen LogP contribution >= 0.6 is 23.1 Å². The highest BCUT2D eigenvalue weighted by atomic mass is 35.5. The summed E-state index contributed by atoms with van der Waals surface area (Å²) < 4.78 is 4.05. The Morgan fingerprint density at radius 1 is 1.44 bits per heavy atom. The number of nitrogens with zero attached hydrogens (tertiary/aromatic N) is 2. The van der Waals surface area contributed by atoms with Gasteiger partial charge in [0, 0.05) is 5.02 Å². The highest BCUT2D eigenvalue weighted by Crippen LogP contribution is 2.29. The van der Waals surface area contributed by atoms with Gasteiger partial charge in [0.1, 0.15) is 0 Å². The van der Waals surface area contributed by atoms with Gasteiger partial charge in [-0.15, -0.1) is 5.10 Å². The fourth-order valence-electron chi connectivity index (χ4n) is 1.92. The van der Waals surface area contributed by atoms with Gasteiger partial charge in [-0.05, 0) is 49.1 Å². The molecule has 18 heavy (non-hydrogen) atoms. The van der Waals surface area contributed by atoms with Gasteiger partial charge < -0.3 is 5.32 Å². The van der Waals surface area contributed by atoms with Gasteiger partial charge >= 0.3 is 0 Å². The molecule has 0 bridgehead atoms. The minimum Gasteiger partial charge on any atom is -0.309 e. The second-order valence-electron chi connectivity index (χ2n) is 4.17. The number of halogens is 1. The van der Waals surface area contributed by atoms with Gasteiger partial charge in [0.25, 0.3) is 0 Å². The van der Waals surface area contributed by atoms with Crippen LogP contribution in [0.2, 0.25) is 5.02 Å². The van der Waals surface area contributed by atoms with Gasteiger partial charge in [0.05, 0.1) is 16.6 Å². The van der Waals surface area contributed by atoms with E-state index in [-0.39, 0.29) is 6.04 Å². The Hall–Kier alpha value is -0.970. The number of aryl methyl sites for hydroxylation is 2. The molecule has 1 unspecified atom stereocenters. The number of aromatic nitrogens is 2.